The van der Waals surface area contributed by atoms with Crippen molar-refractivity contribution < 1.29 is 31.1 Å². The smallest absolute Gasteiger partial charge is 0.416 e. The monoisotopic (exact) mass is 571 g/mol. The number of rotatable bonds is 9. The zero-order valence-electron chi connectivity index (χ0n) is 21.7. The minimum Gasteiger partial charge on any atom is -0.490 e. The van der Waals surface area contributed by atoms with Gasteiger partial charge in [0.1, 0.15) is 12.4 Å². The van der Waals surface area contributed by atoms with E-state index >= 15 is 0 Å². The molecule has 0 fully saturated rings. The normalized spacial score (nSPS) is 14.0. The average molecular weight is 572 g/mol. The maximum atomic E-state index is 13.1. The van der Waals surface area contributed by atoms with Gasteiger partial charge in [0.25, 0.3) is 5.91 Å². The molecule has 1 heterocycles. The molecule has 210 valence electrons. The van der Waals surface area contributed by atoms with Crippen LogP contribution in [0.5, 0.6) is 5.75 Å². The second kappa shape index (κ2) is 12.0. The number of nitrogens with zero attached hydrogens (tertiary/aromatic N) is 2. The van der Waals surface area contributed by atoms with Crippen LogP contribution < -0.4 is 15.0 Å². The summed E-state index contributed by atoms with van der Waals surface area (Å²) in [6.07, 6.45) is -3.85. The second-order valence-corrected chi connectivity index (χ2v) is 11.6. The van der Waals surface area contributed by atoms with Gasteiger partial charge in [-0.2, -0.15) is 18.4 Å². The Labute approximate surface area is 231 Å². The molecule has 0 saturated heterocycles. The predicted octanol–water partition coefficient (Wildman–Crippen LogP) is 5.33. The topological polar surface area (TPSA) is 99.5 Å². The number of nitriles is 1. The van der Waals surface area contributed by atoms with Crippen molar-refractivity contribution in [2.24, 2.45) is 0 Å². The lowest BCUT2D eigenvalue weighted by Crippen LogP contribution is -2.34. The maximum Gasteiger partial charge on any atom is 0.416 e. The van der Waals surface area contributed by atoms with Gasteiger partial charge < -0.3 is 15.0 Å². The number of nitrogens with one attached hydrogen (secondary N) is 1. The molecule has 0 aromatic heterocycles. The van der Waals surface area contributed by atoms with E-state index in [0.717, 1.165) is 23.4 Å². The summed E-state index contributed by atoms with van der Waals surface area (Å²) in [5, 5.41) is 12.1. The van der Waals surface area contributed by atoms with Gasteiger partial charge in [0.15, 0.2) is 9.84 Å². The quantitative estimate of drug-likeness (QED) is 0.373. The molecule has 1 aliphatic rings. The summed E-state index contributed by atoms with van der Waals surface area (Å²) >= 11 is 0. The van der Waals surface area contributed by atoms with Gasteiger partial charge in [0.05, 0.1) is 47.0 Å². The van der Waals surface area contributed by atoms with Crippen LogP contribution in [0, 0.1) is 11.3 Å². The molecule has 1 amide bonds. The third-order valence-corrected chi connectivity index (χ3v) is 8.51. The molecular weight excluding hydrogens is 543 g/mol. The number of fused-ring (bicyclic) bond motifs is 1. The molecule has 1 aliphatic heterocycles. The third-order valence-electron chi connectivity index (χ3n) is 6.76. The standard InChI is InChI=1S/C29H28F3N3O4S/c1-2-40(37,38)24-10-5-21(6-11-24)25(13-15-33)34-28(36)22-7-12-26-27(19-22)39-18-17-35(26)16-14-20-3-8-23(9-4-20)29(30,31)32/h3-12,19,25H,2,13-14,16-18H2,1H3,(H,34,36)/t25-/m0/s1. The van der Waals surface area contributed by atoms with Gasteiger partial charge >= 0.3 is 6.18 Å². The molecule has 11 heteroatoms. The van der Waals surface area contributed by atoms with Crippen molar-refractivity contribution in [1.82, 2.24) is 5.32 Å². The first-order valence-corrected chi connectivity index (χ1v) is 14.4. The Morgan fingerprint density at radius 3 is 2.42 bits per heavy atom. The van der Waals surface area contributed by atoms with E-state index in [1.165, 1.54) is 24.3 Å². The number of hydrogen-bond acceptors (Lipinski definition) is 6. The van der Waals surface area contributed by atoms with Crippen molar-refractivity contribution >= 4 is 21.4 Å². The highest BCUT2D eigenvalue weighted by atomic mass is 32.2. The molecule has 40 heavy (non-hydrogen) atoms. The van der Waals surface area contributed by atoms with E-state index in [-0.39, 0.29) is 17.1 Å². The summed E-state index contributed by atoms with van der Waals surface area (Å²) < 4.78 is 68.5. The third kappa shape index (κ3) is 6.74. The van der Waals surface area contributed by atoms with Crippen LogP contribution in [0.1, 0.15) is 46.4 Å². The number of alkyl halides is 3. The highest BCUT2D eigenvalue weighted by Gasteiger charge is 2.30. The van der Waals surface area contributed by atoms with Crippen molar-refractivity contribution in [1.29, 1.82) is 5.26 Å². The van der Waals surface area contributed by atoms with E-state index in [0.29, 0.717) is 43.0 Å². The molecule has 1 atom stereocenters. The van der Waals surface area contributed by atoms with Crippen LogP contribution >= 0.6 is 0 Å². The van der Waals surface area contributed by atoms with Crippen molar-refractivity contribution in [3.05, 3.63) is 89.0 Å². The lowest BCUT2D eigenvalue weighted by atomic mass is 10.0. The van der Waals surface area contributed by atoms with Gasteiger partial charge in [-0.05, 0) is 60.0 Å². The first-order valence-electron chi connectivity index (χ1n) is 12.7. The van der Waals surface area contributed by atoms with Crippen LogP contribution in [0.15, 0.2) is 71.6 Å². The molecule has 0 bridgehead atoms. The van der Waals surface area contributed by atoms with Crippen molar-refractivity contribution in [3.8, 4) is 11.8 Å². The van der Waals surface area contributed by atoms with E-state index in [9.17, 15) is 31.6 Å². The number of hydrogen-bond donors (Lipinski definition) is 1. The molecule has 3 aromatic rings. The number of halogens is 3. The fraction of sp³-hybridized carbons (Fsp3) is 0.310. The molecule has 4 rings (SSSR count). The molecule has 0 unspecified atom stereocenters. The molecule has 0 saturated carbocycles. The fourth-order valence-corrected chi connectivity index (χ4v) is 5.32. The van der Waals surface area contributed by atoms with Crippen molar-refractivity contribution in [3.63, 3.8) is 0 Å². The highest BCUT2D eigenvalue weighted by molar-refractivity contribution is 7.91. The van der Waals surface area contributed by atoms with Gasteiger partial charge in [-0.1, -0.05) is 31.2 Å². The summed E-state index contributed by atoms with van der Waals surface area (Å²) in [6.45, 7) is 3.09. The van der Waals surface area contributed by atoms with Crippen LogP contribution in [-0.2, 0) is 22.4 Å². The van der Waals surface area contributed by atoms with Gasteiger partial charge in [0, 0.05) is 12.1 Å². The number of benzene rings is 3. The van der Waals surface area contributed by atoms with E-state index in [2.05, 4.69) is 16.3 Å². The molecule has 1 N–H and O–H groups in total. The molecule has 0 spiro atoms. The Balaban J connectivity index is 1.44. The molecular formula is C29H28F3N3O4S. The van der Waals surface area contributed by atoms with Gasteiger partial charge in [0.2, 0.25) is 0 Å². The van der Waals surface area contributed by atoms with Crippen molar-refractivity contribution in [2.45, 2.75) is 36.9 Å². The second-order valence-electron chi connectivity index (χ2n) is 9.32. The van der Waals surface area contributed by atoms with E-state index in [1.807, 2.05) is 0 Å². The van der Waals surface area contributed by atoms with Gasteiger partial charge in [-0.15, -0.1) is 0 Å². The average Bonchev–Trinajstić information content (AvgIpc) is 2.95. The Morgan fingerprint density at radius 1 is 1.10 bits per heavy atom. The minimum absolute atomic E-state index is 0.00914. The van der Waals surface area contributed by atoms with Crippen LogP contribution in [0.3, 0.4) is 0 Å². The summed E-state index contributed by atoms with van der Waals surface area (Å²) in [4.78, 5) is 15.3. The van der Waals surface area contributed by atoms with Crippen LogP contribution in [0.25, 0.3) is 0 Å². The summed E-state index contributed by atoms with van der Waals surface area (Å²) in [5.41, 5.74) is 1.80. The van der Waals surface area contributed by atoms with Gasteiger partial charge in [-0.25, -0.2) is 8.42 Å². The number of carbonyl (C=O) groups is 1. The zero-order chi connectivity index (χ0) is 28.9. The van der Waals surface area contributed by atoms with Crippen LogP contribution in [-0.4, -0.2) is 39.8 Å². The Bertz CT molecular complexity index is 1500. The summed E-state index contributed by atoms with van der Waals surface area (Å²) in [6, 6.07) is 17.7. The highest BCUT2D eigenvalue weighted by Crippen LogP contribution is 2.33. The van der Waals surface area contributed by atoms with Crippen LogP contribution in [0.2, 0.25) is 0 Å². The SMILES string of the molecule is CCS(=O)(=O)c1ccc([C@H](CC#N)NC(=O)c2ccc3c(c2)OCCN3CCc2ccc(C(F)(F)F)cc2)cc1. The molecule has 3 aromatic carbocycles. The maximum absolute atomic E-state index is 13.1. The van der Waals surface area contributed by atoms with Gasteiger partial charge in [-0.3, -0.25) is 4.79 Å². The Hall–Kier alpha value is -4.04. The number of amides is 1. The number of sulfone groups is 1. The number of carbonyl (C=O) groups excluding carboxylic acids is 1. The number of ether oxygens (including phenoxy) is 1. The summed E-state index contributed by atoms with van der Waals surface area (Å²) in [5.74, 6) is 0.0634. The number of anilines is 1. The first-order chi connectivity index (χ1) is 19.0. The lowest BCUT2D eigenvalue weighted by molar-refractivity contribution is -0.137. The zero-order valence-corrected chi connectivity index (χ0v) is 22.6. The largest absolute Gasteiger partial charge is 0.490 e. The Morgan fingerprint density at radius 2 is 1.80 bits per heavy atom. The fourth-order valence-electron chi connectivity index (χ4n) is 4.43. The van der Waals surface area contributed by atoms with E-state index in [1.54, 1.807) is 37.3 Å². The Kier molecular flexibility index (Phi) is 8.69. The summed E-state index contributed by atoms with van der Waals surface area (Å²) in [7, 11) is -3.37. The van der Waals surface area contributed by atoms with Crippen LogP contribution in [0.4, 0.5) is 18.9 Å². The predicted molar refractivity (Wildman–Crippen MR) is 144 cm³/mol. The van der Waals surface area contributed by atoms with E-state index < -0.39 is 33.5 Å². The molecule has 0 aliphatic carbocycles. The minimum atomic E-state index is -4.37. The van der Waals surface area contributed by atoms with E-state index in [4.69, 9.17) is 4.74 Å². The molecule has 7 nitrogen and oxygen atoms in total. The molecule has 0 radical (unpaired) electrons. The lowest BCUT2D eigenvalue weighted by Gasteiger charge is -2.31. The first kappa shape index (κ1) is 29.0. The van der Waals surface area contributed by atoms with Crippen molar-refractivity contribution in [2.75, 3.05) is 30.3 Å².